The van der Waals surface area contributed by atoms with E-state index in [4.69, 9.17) is 0 Å². The molecule has 6 nitrogen and oxygen atoms in total. The third-order valence-corrected chi connectivity index (χ3v) is 3.40. The van der Waals surface area contributed by atoms with Crippen LogP contribution in [0.4, 0.5) is 5.82 Å². The Morgan fingerprint density at radius 2 is 1.91 bits per heavy atom. The van der Waals surface area contributed by atoms with Gasteiger partial charge >= 0.3 is 0 Å². The van der Waals surface area contributed by atoms with E-state index in [0.29, 0.717) is 5.56 Å². The van der Waals surface area contributed by atoms with Gasteiger partial charge in [0.15, 0.2) is 11.6 Å². The second-order valence-electron chi connectivity index (χ2n) is 5.21. The van der Waals surface area contributed by atoms with Crippen LogP contribution in [0.5, 0.6) is 5.75 Å². The van der Waals surface area contributed by atoms with Crippen molar-refractivity contribution in [2.75, 3.05) is 5.32 Å². The van der Waals surface area contributed by atoms with Crippen LogP contribution in [0.15, 0.2) is 48.7 Å². The molecule has 0 fully saturated rings. The summed E-state index contributed by atoms with van der Waals surface area (Å²) in [4.78, 5) is 16.1. The highest BCUT2D eigenvalue weighted by Gasteiger charge is 2.10. The highest BCUT2D eigenvalue weighted by Crippen LogP contribution is 2.19. The second-order valence-corrected chi connectivity index (χ2v) is 5.21. The van der Waals surface area contributed by atoms with Gasteiger partial charge in [-0.25, -0.2) is 9.67 Å². The summed E-state index contributed by atoms with van der Waals surface area (Å²) in [6.45, 7) is 3.91. The van der Waals surface area contributed by atoms with Gasteiger partial charge in [0.1, 0.15) is 0 Å². The zero-order valence-electron chi connectivity index (χ0n) is 12.8. The van der Waals surface area contributed by atoms with Gasteiger partial charge < -0.3 is 10.4 Å². The molecule has 0 radical (unpaired) electrons. The van der Waals surface area contributed by atoms with Crippen LogP contribution in [0.2, 0.25) is 0 Å². The molecule has 1 aromatic carbocycles. The van der Waals surface area contributed by atoms with Crippen LogP contribution in [-0.2, 0) is 0 Å². The number of anilines is 1. The van der Waals surface area contributed by atoms with Crippen molar-refractivity contribution >= 4 is 11.7 Å². The predicted molar refractivity (Wildman–Crippen MR) is 86.9 cm³/mol. The van der Waals surface area contributed by atoms with Crippen LogP contribution >= 0.6 is 0 Å². The minimum absolute atomic E-state index is 0.0693. The van der Waals surface area contributed by atoms with Crippen molar-refractivity contribution in [2.45, 2.75) is 13.8 Å². The average Bonchev–Trinajstić information content (AvgIpc) is 2.88. The Hall–Kier alpha value is -3.15. The van der Waals surface area contributed by atoms with Crippen LogP contribution in [0, 0.1) is 13.8 Å². The van der Waals surface area contributed by atoms with Crippen molar-refractivity contribution < 1.29 is 9.90 Å². The maximum atomic E-state index is 12.2. The molecule has 2 aromatic heterocycles. The molecule has 2 heterocycles. The summed E-state index contributed by atoms with van der Waals surface area (Å²) in [6, 6.07) is 12.1. The quantitative estimate of drug-likeness (QED) is 0.779. The fourth-order valence-corrected chi connectivity index (χ4v) is 2.32. The third-order valence-electron chi connectivity index (χ3n) is 3.40. The van der Waals surface area contributed by atoms with Crippen LogP contribution in [0.3, 0.4) is 0 Å². The van der Waals surface area contributed by atoms with E-state index < -0.39 is 0 Å². The number of amides is 1. The molecule has 116 valence electrons. The molecule has 1 amide bonds. The first-order valence-electron chi connectivity index (χ1n) is 7.13. The van der Waals surface area contributed by atoms with Gasteiger partial charge in [-0.1, -0.05) is 0 Å². The summed E-state index contributed by atoms with van der Waals surface area (Å²) in [5, 5.41) is 16.6. The molecule has 2 N–H and O–H groups in total. The highest BCUT2D eigenvalue weighted by molar-refractivity contribution is 6.04. The largest absolute Gasteiger partial charge is 0.504 e. The van der Waals surface area contributed by atoms with Gasteiger partial charge in [-0.05, 0) is 56.3 Å². The van der Waals surface area contributed by atoms with Gasteiger partial charge in [0.25, 0.3) is 5.91 Å². The van der Waals surface area contributed by atoms with Crippen molar-refractivity contribution in [3.05, 3.63) is 65.6 Å². The molecule has 0 bridgehead atoms. The zero-order chi connectivity index (χ0) is 16.4. The first-order chi connectivity index (χ1) is 11.0. The lowest BCUT2D eigenvalue weighted by molar-refractivity contribution is 0.102. The SMILES string of the molecule is Cc1cc(C)n(-c2ccc(C(=O)Nc3ncccc3O)cc2)n1. The Labute approximate surface area is 133 Å². The Kier molecular flexibility index (Phi) is 3.80. The Bertz CT molecular complexity index is 853. The van der Waals surface area contributed by atoms with E-state index in [1.165, 1.54) is 12.3 Å². The molecule has 0 saturated heterocycles. The van der Waals surface area contributed by atoms with E-state index in [9.17, 15) is 9.90 Å². The van der Waals surface area contributed by atoms with E-state index in [1.807, 2.05) is 36.7 Å². The smallest absolute Gasteiger partial charge is 0.256 e. The van der Waals surface area contributed by atoms with Crippen LogP contribution in [0.1, 0.15) is 21.7 Å². The van der Waals surface area contributed by atoms with Crippen LogP contribution in [-0.4, -0.2) is 25.8 Å². The second kappa shape index (κ2) is 5.92. The van der Waals surface area contributed by atoms with Gasteiger partial charge in [0, 0.05) is 17.5 Å². The number of nitrogens with one attached hydrogen (secondary N) is 1. The molecule has 0 aliphatic heterocycles. The number of benzene rings is 1. The van der Waals surface area contributed by atoms with E-state index in [2.05, 4.69) is 15.4 Å². The van der Waals surface area contributed by atoms with Crippen molar-refractivity contribution in [2.24, 2.45) is 0 Å². The Balaban J connectivity index is 1.81. The fraction of sp³-hybridized carbons (Fsp3) is 0.118. The van der Waals surface area contributed by atoms with Gasteiger partial charge in [0.2, 0.25) is 0 Å². The fourth-order valence-electron chi connectivity index (χ4n) is 2.32. The Morgan fingerprint density at radius 1 is 1.17 bits per heavy atom. The van der Waals surface area contributed by atoms with Crippen molar-refractivity contribution in [3.8, 4) is 11.4 Å². The summed E-state index contributed by atoms with van der Waals surface area (Å²) in [5.74, 6) is -0.265. The first kappa shape index (κ1) is 14.8. The van der Waals surface area contributed by atoms with Crippen molar-refractivity contribution in [3.63, 3.8) is 0 Å². The lowest BCUT2D eigenvalue weighted by Crippen LogP contribution is -2.13. The minimum atomic E-state index is -0.334. The summed E-state index contributed by atoms with van der Waals surface area (Å²) in [7, 11) is 0. The van der Waals surface area contributed by atoms with Gasteiger partial charge in [-0.3, -0.25) is 4.79 Å². The molecule has 0 aliphatic carbocycles. The maximum Gasteiger partial charge on any atom is 0.256 e. The van der Waals surface area contributed by atoms with Crippen molar-refractivity contribution in [1.82, 2.24) is 14.8 Å². The number of pyridine rings is 1. The highest BCUT2D eigenvalue weighted by atomic mass is 16.3. The minimum Gasteiger partial charge on any atom is -0.504 e. The molecule has 6 heteroatoms. The van der Waals surface area contributed by atoms with E-state index in [0.717, 1.165) is 17.1 Å². The lowest BCUT2D eigenvalue weighted by Gasteiger charge is -2.08. The number of carbonyl (C=O) groups is 1. The van der Waals surface area contributed by atoms with Crippen LogP contribution < -0.4 is 5.32 Å². The van der Waals surface area contributed by atoms with Gasteiger partial charge in [-0.15, -0.1) is 0 Å². The van der Waals surface area contributed by atoms with Gasteiger partial charge in [0.05, 0.1) is 11.4 Å². The average molecular weight is 308 g/mol. The summed E-state index contributed by atoms with van der Waals surface area (Å²) in [6.07, 6.45) is 1.50. The predicted octanol–water partition coefficient (Wildman–Crippen LogP) is 2.84. The lowest BCUT2D eigenvalue weighted by atomic mass is 10.2. The number of hydrogen-bond acceptors (Lipinski definition) is 4. The van der Waals surface area contributed by atoms with E-state index in [1.54, 1.807) is 18.2 Å². The van der Waals surface area contributed by atoms with Crippen LogP contribution in [0.25, 0.3) is 5.69 Å². The zero-order valence-corrected chi connectivity index (χ0v) is 12.8. The number of aromatic hydroxyl groups is 1. The van der Waals surface area contributed by atoms with Crippen molar-refractivity contribution in [1.29, 1.82) is 0 Å². The Morgan fingerprint density at radius 3 is 2.52 bits per heavy atom. The molecule has 3 rings (SSSR count). The maximum absolute atomic E-state index is 12.2. The molecular weight excluding hydrogens is 292 g/mol. The molecule has 0 unspecified atom stereocenters. The monoisotopic (exact) mass is 308 g/mol. The molecule has 0 spiro atoms. The van der Waals surface area contributed by atoms with E-state index >= 15 is 0 Å². The topological polar surface area (TPSA) is 80.0 Å². The molecule has 0 saturated carbocycles. The number of nitrogens with zero attached hydrogens (tertiary/aromatic N) is 3. The molecule has 0 atom stereocenters. The number of aryl methyl sites for hydroxylation is 2. The van der Waals surface area contributed by atoms with Gasteiger partial charge in [-0.2, -0.15) is 5.10 Å². The number of rotatable bonds is 3. The number of aromatic nitrogens is 3. The normalized spacial score (nSPS) is 10.5. The molecule has 3 aromatic rings. The first-order valence-corrected chi connectivity index (χ1v) is 7.13. The summed E-state index contributed by atoms with van der Waals surface area (Å²) < 4.78 is 1.82. The van der Waals surface area contributed by atoms with E-state index in [-0.39, 0.29) is 17.5 Å². The molecular formula is C17H16N4O2. The molecule has 0 aliphatic rings. The molecule has 23 heavy (non-hydrogen) atoms. The number of hydrogen-bond donors (Lipinski definition) is 2. The summed E-state index contributed by atoms with van der Waals surface area (Å²) >= 11 is 0. The number of carbonyl (C=O) groups excluding carboxylic acids is 1. The third kappa shape index (κ3) is 3.06. The standard InChI is InChI=1S/C17H16N4O2/c1-11-10-12(2)21(20-11)14-7-5-13(6-8-14)17(23)19-16-15(22)4-3-9-18-16/h3-10,22H,1-2H3,(H,18,19,23). The summed E-state index contributed by atoms with van der Waals surface area (Å²) in [5.41, 5.74) is 3.32.